The molecule has 1 amide bonds. The highest BCUT2D eigenvalue weighted by Crippen LogP contribution is 2.27. The zero-order chi connectivity index (χ0) is 24.2. The molecule has 3 atom stereocenters. The first-order valence-corrected chi connectivity index (χ1v) is 12.4. The summed E-state index contributed by atoms with van der Waals surface area (Å²) in [7, 11) is 1.62. The molecule has 8 nitrogen and oxygen atoms in total. The van der Waals surface area contributed by atoms with Crippen molar-refractivity contribution < 1.29 is 22.7 Å². The third kappa shape index (κ3) is 6.04. The summed E-state index contributed by atoms with van der Waals surface area (Å²) in [6.45, 7) is 5.76. The molecule has 0 unspecified atom stereocenters. The summed E-state index contributed by atoms with van der Waals surface area (Å²) in [6.07, 6.45) is -0.142. The van der Waals surface area contributed by atoms with Crippen LogP contribution < -0.4 is 9.46 Å². The Bertz CT molecular complexity index is 1060. The SMILES string of the molecule is CO[C@@H]1CN(C)C(=O)c2cc(NS(=O)(=O)c3ccccc3)ccc2OC[C@@H](C)N(C)C[C@H]1C. The van der Waals surface area contributed by atoms with E-state index >= 15 is 0 Å². The van der Waals surface area contributed by atoms with Crippen LogP contribution in [0.25, 0.3) is 0 Å². The molecule has 1 N–H and O–H groups in total. The van der Waals surface area contributed by atoms with E-state index in [2.05, 4.69) is 23.5 Å². The van der Waals surface area contributed by atoms with Gasteiger partial charge in [-0.1, -0.05) is 25.1 Å². The maximum absolute atomic E-state index is 13.4. The lowest BCUT2D eigenvalue weighted by Gasteiger charge is -2.34. The second-order valence-corrected chi connectivity index (χ2v) is 10.3. The Labute approximate surface area is 196 Å². The summed E-state index contributed by atoms with van der Waals surface area (Å²) in [5.41, 5.74) is 0.584. The molecule has 0 radical (unpaired) electrons. The van der Waals surface area contributed by atoms with Crippen LogP contribution in [0.4, 0.5) is 5.69 Å². The van der Waals surface area contributed by atoms with Crippen LogP contribution in [0.1, 0.15) is 24.2 Å². The van der Waals surface area contributed by atoms with E-state index in [0.717, 1.165) is 6.54 Å². The minimum atomic E-state index is -3.79. The lowest BCUT2D eigenvalue weighted by atomic mass is 10.0. The van der Waals surface area contributed by atoms with Gasteiger partial charge in [0.1, 0.15) is 12.4 Å². The second kappa shape index (κ2) is 10.5. The molecule has 3 rings (SSSR count). The minimum Gasteiger partial charge on any atom is -0.491 e. The number of likely N-dealkylation sites (N-methyl/N-ethyl adjacent to an activating group) is 2. The first-order valence-electron chi connectivity index (χ1n) is 11.0. The third-order valence-corrected chi connectivity index (χ3v) is 7.46. The fourth-order valence-electron chi connectivity index (χ4n) is 3.83. The molecular weight excluding hydrogens is 442 g/mol. The van der Waals surface area contributed by atoms with Crippen LogP contribution in [0.2, 0.25) is 0 Å². The zero-order valence-electron chi connectivity index (χ0n) is 19.8. The summed E-state index contributed by atoms with van der Waals surface area (Å²) in [6, 6.07) is 13.0. The van der Waals surface area contributed by atoms with E-state index in [4.69, 9.17) is 9.47 Å². The molecule has 0 spiro atoms. The number of anilines is 1. The van der Waals surface area contributed by atoms with Gasteiger partial charge in [-0.05, 0) is 50.2 Å². The van der Waals surface area contributed by atoms with Crippen molar-refractivity contribution in [2.75, 3.05) is 45.6 Å². The van der Waals surface area contributed by atoms with Crippen molar-refractivity contribution in [3.63, 3.8) is 0 Å². The lowest BCUT2D eigenvalue weighted by Crippen LogP contribution is -2.45. The molecule has 0 saturated carbocycles. The number of rotatable bonds is 4. The van der Waals surface area contributed by atoms with Gasteiger partial charge in [0.15, 0.2) is 0 Å². The van der Waals surface area contributed by atoms with Crippen LogP contribution in [0, 0.1) is 5.92 Å². The highest BCUT2D eigenvalue weighted by atomic mass is 32.2. The van der Waals surface area contributed by atoms with Gasteiger partial charge in [-0.2, -0.15) is 0 Å². The van der Waals surface area contributed by atoms with Crippen molar-refractivity contribution in [3.05, 3.63) is 54.1 Å². The fourth-order valence-corrected chi connectivity index (χ4v) is 4.91. The number of methoxy groups -OCH3 is 1. The standard InChI is InChI=1S/C24H33N3O5S/c1-17-14-26(3)18(2)16-32-22-12-11-19(25-33(29,30)20-9-7-6-8-10-20)13-21(22)24(28)27(4)15-23(17)31-5/h6-13,17-18,23,25H,14-16H2,1-5H3/t17-,18-,23-/m1/s1. The van der Waals surface area contributed by atoms with E-state index in [-0.39, 0.29) is 34.6 Å². The van der Waals surface area contributed by atoms with Crippen molar-refractivity contribution in [3.8, 4) is 5.75 Å². The van der Waals surface area contributed by atoms with Gasteiger partial charge in [0, 0.05) is 39.0 Å². The van der Waals surface area contributed by atoms with E-state index in [0.29, 0.717) is 24.5 Å². The number of carbonyl (C=O) groups is 1. The molecule has 1 aliphatic heterocycles. The number of fused-ring (bicyclic) bond motifs is 1. The van der Waals surface area contributed by atoms with Crippen molar-refractivity contribution in [2.45, 2.75) is 30.9 Å². The van der Waals surface area contributed by atoms with Crippen LogP contribution in [0.3, 0.4) is 0 Å². The smallest absolute Gasteiger partial charge is 0.261 e. The van der Waals surface area contributed by atoms with E-state index in [1.165, 1.54) is 18.2 Å². The van der Waals surface area contributed by atoms with Crippen LogP contribution in [0.5, 0.6) is 5.75 Å². The fraction of sp³-hybridized carbons (Fsp3) is 0.458. The van der Waals surface area contributed by atoms with Crippen LogP contribution in [0.15, 0.2) is 53.4 Å². The number of hydrogen-bond donors (Lipinski definition) is 1. The van der Waals surface area contributed by atoms with Crippen molar-refractivity contribution >= 4 is 21.6 Å². The average molecular weight is 476 g/mol. The first-order chi connectivity index (χ1) is 15.6. The minimum absolute atomic E-state index is 0.112. The molecule has 0 saturated heterocycles. The summed E-state index contributed by atoms with van der Waals surface area (Å²) in [4.78, 5) is 17.3. The van der Waals surface area contributed by atoms with Gasteiger partial charge in [0.05, 0.1) is 16.6 Å². The second-order valence-electron chi connectivity index (χ2n) is 8.67. The Morgan fingerprint density at radius 1 is 1.06 bits per heavy atom. The van der Waals surface area contributed by atoms with Gasteiger partial charge >= 0.3 is 0 Å². The molecule has 0 fully saturated rings. The Balaban J connectivity index is 1.96. The maximum atomic E-state index is 13.4. The summed E-state index contributed by atoms with van der Waals surface area (Å²) in [5, 5.41) is 0. The summed E-state index contributed by atoms with van der Waals surface area (Å²) >= 11 is 0. The van der Waals surface area contributed by atoms with Crippen LogP contribution in [-0.2, 0) is 14.8 Å². The Morgan fingerprint density at radius 2 is 1.76 bits per heavy atom. The third-order valence-electron chi connectivity index (χ3n) is 6.06. The maximum Gasteiger partial charge on any atom is 0.261 e. The predicted molar refractivity (Wildman–Crippen MR) is 128 cm³/mol. The molecule has 2 aromatic rings. The molecule has 180 valence electrons. The monoisotopic (exact) mass is 475 g/mol. The number of sulfonamides is 1. The summed E-state index contributed by atoms with van der Waals surface area (Å²) in [5.74, 6) is 0.347. The topological polar surface area (TPSA) is 88.2 Å². The highest BCUT2D eigenvalue weighted by Gasteiger charge is 2.27. The number of hydrogen-bond acceptors (Lipinski definition) is 6. The first kappa shape index (κ1) is 25.0. The highest BCUT2D eigenvalue weighted by molar-refractivity contribution is 7.92. The Morgan fingerprint density at radius 3 is 2.42 bits per heavy atom. The molecule has 9 heteroatoms. The van der Waals surface area contributed by atoms with Crippen molar-refractivity contribution in [1.82, 2.24) is 9.80 Å². The average Bonchev–Trinajstić information content (AvgIpc) is 2.80. The van der Waals surface area contributed by atoms with Gasteiger partial charge < -0.3 is 14.4 Å². The Kier molecular flexibility index (Phi) is 7.99. The normalized spacial score (nSPS) is 23.1. The van der Waals surface area contributed by atoms with E-state index in [9.17, 15) is 13.2 Å². The Hall–Kier alpha value is -2.62. The molecule has 0 aliphatic carbocycles. The van der Waals surface area contributed by atoms with Gasteiger partial charge in [0.2, 0.25) is 0 Å². The van der Waals surface area contributed by atoms with Crippen LogP contribution in [-0.4, -0.2) is 77.2 Å². The van der Waals surface area contributed by atoms with E-state index < -0.39 is 10.0 Å². The van der Waals surface area contributed by atoms with Gasteiger partial charge in [0.25, 0.3) is 15.9 Å². The molecule has 0 aromatic heterocycles. The molecule has 2 aromatic carbocycles. The van der Waals surface area contributed by atoms with E-state index in [1.54, 1.807) is 49.4 Å². The molecule has 1 heterocycles. The zero-order valence-corrected chi connectivity index (χ0v) is 20.6. The van der Waals surface area contributed by atoms with Gasteiger partial charge in [-0.3, -0.25) is 14.4 Å². The van der Waals surface area contributed by atoms with Crippen LogP contribution >= 0.6 is 0 Å². The number of nitrogens with one attached hydrogen (secondary N) is 1. The molecule has 0 bridgehead atoms. The lowest BCUT2D eigenvalue weighted by molar-refractivity contribution is 0.0150. The number of nitrogens with zero attached hydrogens (tertiary/aromatic N) is 2. The number of carbonyl (C=O) groups excluding carboxylic acids is 1. The molecule has 1 aliphatic rings. The number of amides is 1. The van der Waals surface area contributed by atoms with Crippen molar-refractivity contribution in [1.29, 1.82) is 0 Å². The predicted octanol–water partition coefficient (Wildman–Crippen LogP) is 2.92. The number of benzene rings is 2. The molecular formula is C24H33N3O5S. The van der Waals surface area contributed by atoms with Gasteiger partial charge in [-0.25, -0.2) is 8.42 Å². The van der Waals surface area contributed by atoms with Gasteiger partial charge in [-0.15, -0.1) is 0 Å². The van der Waals surface area contributed by atoms with Crippen molar-refractivity contribution in [2.24, 2.45) is 5.92 Å². The number of ether oxygens (including phenoxy) is 2. The van der Waals surface area contributed by atoms with E-state index in [1.807, 2.05) is 7.05 Å². The summed E-state index contributed by atoms with van der Waals surface area (Å²) < 4.78 is 39.8. The molecule has 33 heavy (non-hydrogen) atoms. The largest absolute Gasteiger partial charge is 0.491 e. The quantitative estimate of drug-likeness (QED) is 0.732.